The molecular weight excluding hydrogens is 398 g/mol. The van der Waals surface area contributed by atoms with E-state index in [9.17, 15) is 14.3 Å². The second-order valence-corrected chi connectivity index (χ2v) is 6.68. The summed E-state index contributed by atoms with van der Waals surface area (Å²) in [4.78, 5) is 12.8. The van der Waals surface area contributed by atoms with Crippen molar-refractivity contribution in [3.05, 3.63) is 83.9 Å². The van der Waals surface area contributed by atoms with E-state index in [1.54, 1.807) is 30.3 Å². The number of rotatable bonds is 7. The highest BCUT2D eigenvalue weighted by molar-refractivity contribution is 6.18. The van der Waals surface area contributed by atoms with E-state index in [2.05, 4.69) is 5.32 Å². The van der Waals surface area contributed by atoms with Gasteiger partial charge in [0.1, 0.15) is 5.82 Å². The molecule has 0 aromatic heterocycles. The first-order chi connectivity index (χ1) is 14.0. The predicted molar refractivity (Wildman–Crippen MR) is 112 cm³/mol. The molecular formula is C22H19ClF2N2O2. The summed E-state index contributed by atoms with van der Waals surface area (Å²) in [6.45, 7) is 0.313. The van der Waals surface area contributed by atoms with Crippen LogP contribution in [0.3, 0.4) is 0 Å². The summed E-state index contributed by atoms with van der Waals surface area (Å²) in [5.41, 5.74) is 1.84. The number of hydrogen-bond acceptors (Lipinski definition) is 2. The molecule has 3 aromatic carbocycles. The van der Waals surface area contributed by atoms with Gasteiger partial charge < -0.3 is 10.4 Å². The fourth-order valence-corrected chi connectivity index (χ4v) is 3.11. The van der Waals surface area contributed by atoms with E-state index < -0.39 is 17.7 Å². The van der Waals surface area contributed by atoms with Gasteiger partial charge in [0, 0.05) is 23.7 Å². The van der Waals surface area contributed by atoms with Crippen LogP contribution in [0.4, 0.5) is 25.0 Å². The molecule has 0 fully saturated rings. The normalized spacial score (nSPS) is 10.6. The molecule has 0 bridgehead atoms. The highest BCUT2D eigenvalue weighted by atomic mass is 35.5. The molecule has 2 N–H and O–H groups in total. The molecule has 0 saturated carbocycles. The predicted octanol–water partition coefficient (Wildman–Crippen LogP) is 5.97. The standard InChI is InChI=1S/C22H19ClF2N2O2/c23-12-13-26-18-10-11-19(21(25)20(18)16-4-2-1-3-5-16)27(22(28)29)14-15-6-8-17(24)9-7-15/h1-11,26H,12-14H2,(H,28,29). The molecule has 0 radical (unpaired) electrons. The molecule has 1 amide bonds. The molecule has 0 aliphatic rings. The Morgan fingerprint density at radius 3 is 2.31 bits per heavy atom. The van der Waals surface area contributed by atoms with Crippen molar-refractivity contribution < 1.29 is 18.7 Å². The molecule has 3 aromatic rings. The van der Waals surface area contributed by atoms with Crippen LogP contribution < -0.4 is 10.2 Å². The molecule has 0 aliphatic carbocycles. The first-order valence-electron chi connectivity index (χ1n) is 8.94. The SMILES string of the molecule is O=C(O)N(Cc1ccc(F)cc1)c1ccc(NCCCl)c(-c2ccccc2)c1F. The van der Waals surface area contributed by atoms with Gasteiger partial charge in [-0.1, -0.05) is 42.5 Å². The minimum atomic E-state index is -1.31. The zero-order valence-electron chi connectivity index (χ0n) is 15.4. The van der Waals surface area contributed by atoms with E-state index in [1.165, 1.54) is 30.3 Å². The number of carbonyl (C=O) groups is 1. The molecule has 3 rings (SSSR count). The summed E-state index contributed by atoms with van der Waals surface area (Å²) in [5, 5.41) is 12.8. The number of halogens is 3. The molecule has 0 heterocycles. The Bertz CT molecular complexity index is 982. The monoisotopic (exact) mass is 416 g/mol. The third-order valence-electron chi connectivity index (χ3n) is 4.37. The van der Waals surface area contributed by atoms with Crippen molar-refractivity contribution in [1.29, 1.82) is 0 Å². The number of nitrogens with one attached hydrogen (secondary N) is 1. The van der Waals surface area contributed by atoms with Gasteiger partial charge >= 0.3 is 6.09 Å². The van der Waals surface area contributed by atoms with Crippen LogP contribution in [0.2, 0.25) is 0 Å². The summed E-state index contributed by atoms with van der Waals surface area (Å²) >= 11 is 5.75. The average molecular weight is 417 g/mol. The van der Waals surface area contributed by atoms with Crippen LogP contribution in [0, 0.1) is 11.6 Å². The fourth-order valence-electron chi connectivity index (χ4n) is 3.02. The van der Waals surface area contributed by atoms with Gasteiger partial charge in [-0.2, -0.15) is 0 Å². The van der Waals surface area contributed by atoms with Crippen molar-refractivity contribution in [2.45, 2.75) is 6.54 Å². The molecule has 0 atom stereocenters. The summed E-state index contributed by atoms with van der Waals surface area (Å²) < 4.78 is 28.7. The minimum Gasteiger partial charge on any atom is -0.465 e. The zero-order chi connectivity index (χ0) is 20.8. The number of nitrogens with zero attached hydrogens (tertiary/aromatic N) is 1. The summed E-state index contributed by atoms with van der Waals surface area (Å²) in [6, 6.07) is 17.3. The van der Waals surface area contributed by atoms with Crippen LogP contribution >= 0.6 is 11.6 Å². The summed E-state index contributed by atoms with van der Waals surface area (Å²) in [6.07, 6.45) is -1.31. The third kappa shape index (κ3) is 4.84. The van der Waals surface area contributed by atoms with Gasteiger partial charge in [-0.3, -0.25) is 4.90 Å². The molecule has 0 saturated heterocycles. The molecule has 150 valence electrons. The molecule has 7 heteroatoms. The van der Waals surface area contributed by atoms with Gasteiger partial charge in [-0.05, 0) is 35.4 Å². The van der Waals surface area contributed by atoms with Crippen molar-refractivity contribution in [2.24, 2.45) is 0 Å². The lowest BCUT2D eigenvalue weighted by molar-refractivity contribution is 0.201. The highest BCUT2D eigenvalue weighted by Gasteiger charge is 2.23. The van der Waals surface area contributed by atoms with E-state index in [1.807, 2.05) is 6.07 Å². The van der Waals surface area contributed by atoms with Gasteiger partial charge in [-0.15, -0.1) is 11.6 Å². The highest BCUT2D eigenvalue weighted by Crippen LogP contribution is 2.37. The Kier molecular flexibility index (Phi) is 6.67. The van der Waals surface area contributed by atoms with Gasteiger partial charge in [0.2, 0.25) is 0 Å². The Hall–Kier alpha value is -3.12. The zero-order valence-corrected chi connectivity index (χ0v) is 16.2. The number of carboxylic acid groups (broad SMARTS) is 1. The molecule has 0 aliphatic heterocycles. The molecule has 0 spiro atoms. The van der Waals surface area contributed by atoms with Crippen LogP contribution in [-0.2, 0) is 6.54 Å². The van der Waals surface area contributed by atoms with E-state index in [-0.39, 0.29) is 17.8 Å². The van der Waals surface area contributed by atoms with Gasteiger partial charge in [0.05, 0.1) is 12.2 Å². The lowest BCUT2D eigenvalue weighted by Crippen LogP contribution is -2.29. The van der Waals surface area contributed by atoms with Gasteiger partial charge in [0.25, 0.3) is 0 Å². The Morgan fingerprint density at radius 1 is 1.00 bits per heavy atom. The maximum Gasteiger partial charge on any atom is 0.412 e. The minimum absolute atomic E-state index is 0.0860. The Morgan fingerprint density at radius 2 is 1.69 bits per heavy atom. The van der Waals surface area contributed by atoms with Crippen molar-refractivity contribution in [2.75, 3.05) is 22.6 Å². The van der Waals surface area contributed by atoms with Crippen LogP contribution in [-0.4, -0.2) is 23.6 Å². The molecule has 4 nitrogen and oxygen atoms in total. The first kappa shape index (κ1) is 20.6. The number of anilines is 2. The summed E-state index contributed by atoms with van der Waals surface area (Å²) in [5.74, 6) is -0.758. The second kappa shape index (κ2) is 9.39. The number of hydrogen-bond donors (Lipinski definition) is 2. The van der Waals surface area contributed by atoms with Crippen molar-refractivity contribution >= 4 is 29.1 Å². The topological polar surface area (TPSA) is 52.6 Å². The lowest BCUT2D eigenvalue weighted by Gasteiger charge is -2.23. The van der Waals surface area contributed by atoms with Crippen molar-refractivity contribution in [1.82, 2.24) is 0 Å². The van der Waals surface area contributed by atoms with E-state index in [0.29, 0.717) is 29.2 Å². The van der Waals surface area contributed by atoms with Crippen LogP contribution in [0.1, 0.15) is 5.56 Å². The first-order valence-corrected chi connectivity index (χ1v) is 9.47. The molecule has 0 unspecified atom stereocenters. The third-order valence-corrected chi connectivity index (χ3v) is 4.56. The van der Waals surface area contributed by atoms with Crippen LogP contribution in [0.25, 0.3) is 11.1 Å². The van der Waals surface area contributed by atoms with Crippen LogP contribution in [0.5, 0.6) is 0 Å². The lowest BCUT2D eigenvalue weighted by atomic mass is 10.0. The largest absolute Gasteiger partial charge is 0.465 e. The number of alkyl halides is 1. The number of amides is 1. The fraction of sp³-hybridized carbons (Fsp3) is 0.136. The van der Waals surface area contributed by atoms with Gasteiger partial charge in [-0.25, -0.2) is 13.6 Å². The van der Waals surface area contributed by atoms with E-state index >= 15 is 4.39 Å². The second-order valence-electron chi connectivity index (χ2n) is 6.30. The maximum atomic E-state index is 15.6. The van der Waals surface area contributed by atoms with Crippen molar-refractivity contribution in [3.8, 4) is 11.1 Å². The maximum absolute atomic E-state index is 15.6. The van der Waals surface area contributed by atoms with Gasteiger partial charge in [0.15, 0.2) is 5.82 Å². The van der Waals surface area contributed by atoms with E-state index in [4.69, 9.17) is 11.6 Å². The smallest absolute Gasteiger partial charge is 0.412 e. The van der Waals surface area contributed by atoms with E-state index in [0.717, 1.165) is 4.90 Å². The average Bonchev–Trinajstić information content (AvgIpc) is 2.72. The molecule has 29 heavy (non-hydrogen) atoms. The van der Waals surface area contributed by atoms with Crippen LogP contribution in [0.15, 0.2) is 66.7 Å². The Balaban J connectivity index is 2.07. The Labute approximate surface area is 172 Å². The van der Waals surface area contributed by atoms with Crippen molar-refractivity contribution in [3.63, 3.8) is 0 Å². The summed E-state index contributed by atoms with van der Waals surface area (Å²) in [7, 11) is 0. The number of benzene rings is 3. The quantitative estimate of drug-likeness (QED) is 0.467.